The van der Waals surface area contributed by atoms with Crippen LogP contribution in [0.2, 0.25) is 0 Å². The Morgan fingerprint density at radius 2 is 2.15 bits per heavy atom. The maximum atomic E-state index is 12.5. The van der Waals surface area contributed by atoms with E-state index in [2.05, 4.69) is 20.4 Å². The van der Waals surface area contributed by atoms with Gasteiger partial charge in [-0.1, -0.05) is 5.16 Å². The van der Waals surface area contributed by atoms with Gasteiger partial charge >= 0.3 is 0 Å². The normalized spacial score (nSPS) is 21.9. The molecule has 1 aromatic rings. The standard InChI is InChI=1S/C16H27N5O4S.HI/c1-2-17-16(18-12-15-4-3-10-24-15)20-6-8-21(9-7-20)26(22,23)13-14-5-11-25-19-14;/h5,11,15H,2-4,6-10,12-13H2,1H3,(H,17,18);1H. The van der Waals surface area contributed by atoms with Crippen molar-refractivity contribution in [2.75, 3.05) is 45.9 Å². The predicted octanol–water partition coefficient (Wildman–Crippen LogP) is 0.885. The molecule has 27 heavy (non-hydrogen) atoms. The Hall–Kier alpha value is -0.920. The van der Waals surface area contributed by atoms with Gasteiger partial charge < -0.3 is 19.5 Å². The molecule has 0 saturated carbocycles. The summed E-state index contributed by atoms with van der Waals surface area (Å²) in [5.41, 5.74) is 0.430. The molecule has 0 radical (unpaired) electrons. The van der Waals surface area contributed by atoms with Crippen LogP contribution in [0.15, 0.2) is 21.8 Å². The fourth-order valence-corrected chi connectivity index (χ4v) is 4.60. The summed E-state index contributed by atoms with van der Waals surface area (Å²) in [5.74, 6) is 0.702. The molecule has 1 aromatic heterocycles. The Kier molecular flexibility index (Phi) is 8.76. The fraction of sp³-hybridized carbons (Fsp3) is 0.750. The van der Waals surface area contributed by atoms with Gasteiger partial charge in [0.15, 0.2) is 5.96 Å². The van der Waals surface area contributed by atoms with Crippen LogP contribution < -0.4 is 5.32 Å². The van der Waals surface area contributed by atoms with Gasteiger partial charge in [-0.25, -0.2) is 8.42 Å². The van der Waals surface area contributed by atoms with Crippen LogP contribution >= 0.6 is 24.0 Å². The lowest BCUT2D eigenvalue weighted by Crippen LogP contribution is -2.54. The second-order valence-corrected chi connectivity index (χ2v) is 8.43. The smallest absolute Gasteiger partial charge is 0.220 e. The van der Waals surface area contributed by atoms with Crippen molar-refractivity contribution in [2.24, 2.45) is 4.99 Å². The van der Waals surface area contributed by atoms with E-state index < -0.39 is 10.0 Å². The summed E-state index contributed by atoms with van der Waals surface area (Å²) >= 11 is 0. The molecule has 154 valence electrons. The van der Waals surface area contributed by atoms with Crippen LogP contribution in [0, 0.1) is 0 Å². The van der Waals surface area contributed by atoms with Gasteiger partial charge in [-0.05, 0) is 19.8 Å². The number of aliphatic imine (C=N–C) groups is 1. The molecule has 3 rings (SSSR count). The monoisotopic (exact) mass is 513 g/mol. The van der Waals surface area contributed by atoms with E-state index in [1.165, 1.54) is 10.6 Å². The van der Waals surface area contributed by atoms with Gasteiger partial charge in [0.2, 0.25) is 10.0 Å². The lowest BCUT2D eigenvalue weighted by Gasteiger charge is -2.35. The molecule has 0 aliphatic carbocycles. The highest BCUT2D eigenvalue weighted by molar-refractivity contribution is 14.0. The maximum absolute atomic E-state index is 12.5. The fourth-order valence-electron chi connectivity index (χ4n) is 3.17. The Balaban J connectivity index is 0.00000261. The number of nitrogens with zero attached hydrogens (tertiary/aromatic N) is 4. The van der Waals surface area contributed by atoms with Gasteiger partial charge in [-0.2, -0.15) is 4.31 Å². The lowest BCUT2D eigenvalue weighted by atomic mass is 10.2. The van der Waals surface area contributed by atoms with Crippen LogP contribution in [-0.2, 0) is 20.5 Å². The molecule has 0 bridgehead atoms. The predicted molar refractivity (Wildman–Crippen MR) is 113 cm³/mol. The van der Waals surface area contributed by atoms with Crippen molar-refractivity contribution in [1.82, 2.24) is 19.7 Å². The van der Waals surface area contributed by atoms with Crippen molar-refractivity contribution in [3.63, 3.8) is 0 Å². The summed E-state index contributed by atoms with van der Waals surface area (Å²) in [5, 5.41) is 6.99. The van der Waals surface area contributed by atoms with Crippen LogP contribution in [0.25, 0.3) is 0 Å². The third kappa shape index (κ3) is 6.29. The molecule has 2 fully saturated rings. The number of ether oxygens (including phenoxy) is 1. The van der Waals surface area contributed by atoms with Crippen LogP contribution in [0.5, 0.6) is 0 Å². The number of aromatic nitrogens is 1. The largest absolute Gasteiger partial charge is 0.376 e. The number of nitrogens with one attached hydrogen (secondary N) is 1. The molecule has 2 aliphatic rings. The highest BCUT2D eigenvalue weighted by Gasteiger charge is 2.29. The summed E-state index contributed by atoms with van der Waals surface area (Å²) in [6.45, 7) is 6.35. The van der Waals surface area contributed by atoms with Crippen molar-refractivity contribution in [3.8, 4) is 0 Å². The molecule has 0 aromatic carbocycles. The number of hydrogen-bond acceptors (Lipinski definition) is 6. The average molecular weight is 513 g/mol. The quantitative estimate of drug-likeness (QED) is 0.343. The molecule has 3 heterocycles. The number of piperazine rings is 1. The van der Waals surface area contributed by atoms with Gasteiger partial charge in [0, 0.05) is 45.4 Å². The molecule has 11 heteroatoms. The first-order chi connectivity index (χ1) is 12.6. The minimum absolute atomic E-state index is 0. The zero-order chi connectivity index (χ0) is 18.4. The number of rotatable bonds is 6. The number of sulfonamides is 1. The summed E-state index contributed by atoms with van der Waals surface area (Å²) in [7, 11) is -3.39. The van der Waals surface area contributed by atoms with Crippen LogP contribution in [0.1, 0.15) is 25.5 Å². The van der Waals surface area contributed by atoms with Gasteiger partial charge in [0.1, 0.15) is 12.0 Å². The second kappa shape index (κ2) is 10.6. The first-order valence-corrected chi connectivity index (χ1v) is 10.7. The molecule has 0 spiro atoms. The SMILES string of the molecule is CCNC(=NCC1CCCO1)N1CCN(S(=O)(=O)Cc2ccon2)CC1.I. The van der Waals surface area contributed by atoms with Gasteiger partial charge in [0.05, 0.1) is 18.3 Å². The molecular formula is C16H28IN5O4S. The van der Waals surface area contributed by atoms with Crippen molar-refractivity contribution in [2.45, 2.75) is 31.6 Å². The Labute approximate surface area is 177 Å². The van der Waals surface area contributed by atoms with E-state index >= 15 is 0 Å². The second-order valence-electron chi connectivity index (χ2n) is 6.46. The highest BCUT2D eigenvalue weighted by Crippen LogP contribution is 2.14. The van der Waals surface area contributed by atoms with Crippen LogP contribution in [0.3, 0.4) is 0 Å². The Morgan fingerprint density at radius 3 is 2.74 bits per heavy atom. The summed E-state index contributed by atoms with van der Waals surface area (Å²) < 4.78 is 36.9. The van der Waals surface area contributed by atoms with Crippen molar-refractivity contribution >= 4 is 40.0 Å². The van der Waals surface area contributed by atoms with E-state index in [0.29, 0.717) is 38.4 Å². The molecule has 1 atom stereocenters. The molecule has 1 unspecified atom stereocenters. The highest BCUT2D eigenvalue weighted by atomic mass is 127. The van der Waals surface area contributed by atoms with Crippen molar-refractivity contribution in [3.05, 3.63) is 18.0 Å². The van der Waals surface area contributed by atoms with Crippen LogP contribution in [0.4, 0.5) is 0 Å². The summed E-state index contributed by atoms with van der Waals surface area (Å²) in [6.07, 6.45) is 3.74. The molecule has 9 nitrogen and oxygen atoms in total. The minimum atomic E-state index is -3.39. The number of halogens is 1. The van der Waals surface area contributed by atoms with Gasteiger partial charge in [0.25, 0.3) is 0 Å². The van der Waals surface area contributed by atoms with Crippen LogP contribution in [-0.4, -0.2) is 80.7 Å². The molecule has 1 N–H and O–H groups in total. The topological polar surface area (TPSA) is 100 Å². The van der Waals surface area contributed by atoms with E-state index in [0.717, 1.165) is 32.0 Å². The van der Waals surface area contributed by atoms with Gasteiger partial charge in [-0.3, -0.25) is 4.99 Å². The molecule has 2 aliphatic heterocycles. The van der Waals surface area contributed by atoms with E-state index in [4.69, 9.17) is 9.26 Å². The number of hydrogen-bond donors (Lipinski definition) is 1. The third-order valence-corrected chi connectivity index (χ3v) is 6.37. The minimum Gasteiger partial charge on any atom is -0.376 e. The van der Waals surface area contributed by atoms with Crippen molar-refractivity contribution in [1.29, 1.82) is 0 Å². The zero-order valence-corrected chi connectivity index (χ0v) is 18.7. The summed E-state index contributed by atoms with van der Waals surface area (Å²) in [6, 6.07) is 1.58. The maximum Gasteiger partial charge on any atom is 0.220 e. The first kappa shape index (κ1) is 22.4. The molecule has 2 saturated heterocycles. The number of guanidine groups is 1. The third-order valence-electron chi connectivity index (χ3n) is 4.56. The van der Waals surface area contributed by atoms with Crippen molar-refractivity contribution < 1.29 is 17.7 Å². The summed E-state index contributed by atoms with van der Waals surface area (Å²) in [4.78, 5) is 6.79. The molecule has 0 amide bonds. The molecular weight excluding hydrogens is 485 g/mol. The van der Waals surface area contributed by atoms with Gasteiger partial charge in [-0.15, -0.1) is 24.0 Å². The lowest BCUT2D eigenvalue weighted by molar-refractivity contribution is 0.117. The Bertz CT molecular complexity index is 684. The average Bonchev–Trinajstić information content (AvgIpc) is 3.32. The first-order valence-electron chi connectivity index (χ1n) is 9.10. The van der Waals surface area contributed by atoms with E-state index in [1.54, 1.807) is 6.07 Å². The Morgan fingerprint density at radius 1 is 1.37 bits per heavy atom. The van der Waals surface area contributed by atoms with E-state index in [-0.39, 0.29) is 35.8 Å². The zero-order valence-electron chi connectivity index (χ0n) is 15.5. The van der Waals surface area contributed by atoms with E-state index in [1.807, 2.05) is 6.92 Å². The van der Waals surface area contributed by atoms with E-state index in [9.17, 15) is 8.42 Å².